The van der Waals surface area contributed by atoms with Gasteiger partial charge in [0.25, 0.3) is 0 Å². The van der Waals surface area contributed by atoms with Crippen LogP contribution in [0.4, 0.5) is 10.2 Å². The quantitative estimate of drug-likeness (QED) is 0.565. The highest BCUT2D eigenvalue weighted by Gasteiger charge is 2.64. The van der Waals surface area contributed by atoms with Crippen molar-refractivity contribution in [1.82, 2.24) is 19.5 Å². The Kier molecular flexibility index (Phi) is 3.31. The molecule has 10 heteroatoms. The molecular weight excluding hydrogens is 420 g/mol. The summed E-state index contributed by atoms with van der Waals surface area (Å²) in [4.78, 5) is 12.3. The number of hydrogen-bond donors (Lipinski definition) is 1. The van der Waals surface area contributed by atoms with Crippen LogP contribution in [0.25, 0.3) is 11.2 Å². The molecule has 0 aromatic carbocycles. The van der Waals surface area contributed by atoms with Gasteiger partial charge in [0.05, 0.1) is 10.8 Å². The second kappa shape index (κ2) is 4.94. The Morgan fingerprint density at radius 1 is 1.30 bits per heavy atom. The molecule has 0 saturated carbocycles. The van der Waals surface area contributed by atoms with Gasteiger partial charge in [-0.3, -0.25) is 4.57 Å². The van der Waals surface area contributed by atoms with Gasteiger partial charge in [0, 0.05) is 0 Å². The zero-order valence-corrected chi connectivity index (χ0v) is 14.6. The third-order valence-electron chi connectivity index (χ3n) is 4.00. The predicted octanol–water partition coefficient (Wildman–Crippen LogP) is 1.56. The fourth-order valence-electron chi connectivity index (χ4n) is 3.04. The molecule has 0 amide bonds. The van der Waals surface area contributed by atoms with Gasteiger partial charge in [-0.1, -0.05) is 22.6 Å². The summed E-state index contributed by atoms with van der Waals surface area (Å²) in [6, 6.07) is 0. The number of fused-ring (bicyclic) bond motifs is 2. The largest absolute Gasteiger partial charge is 0.382 e. The summed E-state index contributed by atoms with van der Waals surface area (Å²) >= 11 is 1.94. The maximum atomic E-state index is 15.1. The molecule has 4 rings (SSSR count). The summed E-state index contributed by atoms with van der Waals surface area (Å²) in [7, 11) is 0. The maximum absolute atomic E-state index is 15.1. The van der Waals surface area contributed by atoms with E-state index in [0.717, 1.165) is 0 Å². The minimum absolute atomic E-state index is 0.117. The Bertz CT molecular complexity index is 771. The molecule has 4 heterocycles. The fraction of sp³-hybridized carbons (Fsp3) is 0.615. The van der Waals surface area contributed by atoms with Crippen LogP contribution in [0.3, 0.4) is 0 Å². The van der Waals surface area contributed by atoms with Gasteiger partial charge in [-0.2, -0.15) is 0 Å². The maximum Gasteiger partial charge on any atom is 0.249 e. The summed E-state index contributed by atoms with van der Waals surface area (Å²) in [5.74, 6) is -2.57. The van der Waals surface area contributed by atoms with Gasteiger partial charge < -0.3 is 19.9 Å². The van der Waals surface area contributed by atoms with Crippen molar-refractivity contribution >= 4 is 39.6 Å². The van der Waals surface area contributed by atoms with Crippen LogP contribution >= 0.6 is 22.6 Å². The van der Waals surface area contributed by atoms with E-state index in [-0.39, 0.29) is 10.2 Å². The molecule has 2 N–H and O–H groups in total. The topological polar surface area (TPSA) is 97.3 Å². The highest BCUT2D eigenvalue weighted by Crippen LogP contribution is 2.49. The number of rotatable bonds is 2. The summed E-state index contributed by atoms with van der Waals surface area (Å²) in [5, 5.41) is 0. The van der Waals surface area contributed by atoms with Crippen molar-refractivity contribution in [3.8, 4) is 0 Å². The van der Waals surface area contributed by atoms with Crippen LogP contribution in [0.5, 0.6) is 0 Å². The smallest absolute Gasteiger partial charge is 0.249 e. The monoisotopic (exact) mass is 435 g/mol. The zero-order valence-electron chi connectivity index (χ0n) is 12.4. The molecule has 8 nitrogen and oxygen atoms in total. The van der Waals surface area contributed by atoms with Crippen LogP contribution in [0.1, 0.15) is 20.1 Å². The number of halogens is 2. The van der Waals surface area contributed by atoms with Crippen LogP contribution < -0.4 is 5.73 Å². The van der Waals surface area contributed by atoms with Crippen LogP contribution in [0.2, 0.25) is 0 Å². The molecule has 0 unspecified atom stereocenters. The number of aromatic nitrogens is 4. The number of nitrogens with two attached hydrogens (primary N) is 1. The Hall–Kier alpha value is -1.11. The zero-order chi connectivity index (χ0) is 16.4. The normalized spacial score (nSPS) is 35.7. The molecule has 0 radical (unpaired) electrons. The highest BCUT2D eigenvalue weighted by atomic mass is 127. The van der Waals surface area contributed by atoms with E-state index in [4.69, 9.17) is 19.9 Å². The lowest BCUT2D eigenvalue weighted by atomic mass is 10.1. The van der Waals surface area contributed by atoms with Crippen molar-refractivity contribution in [1.29, 1.82) is 0 Å². The third-order valence-corrected chi connectivity index (χ3v) is 5.04. The lowest BCUT2D eigenvalue weighted by Crippen LogP contribution is -2.40. The van der Waals surface area contributed by atoms with Crippen molar-refractivity contribution in [3.05, 3.63) is 12.7 Å². The van der Waals surface area contributed by atoms with E-state index in [1.807, 2.05) is 22.6 Å². The Balaban J connectivity index is 1.80. The average molecular weight is 435 g/mol. The van der Waals surface area contributed by atoms with E-state index in [2.05, 4.69) is 15.0 Å². The SMILES string of the molecule is CC1(C)O[C@H]2[C@H](n3cnc4c(N)ncnc43)O[C@](F)(CI)[C@H]2O1. The van der Waals surface area contributed by atoms with Crippen molar-refractivity contribution < 1.29 is 18.6 Å². The fourth-order valence-corrected chi connectivity index (χ4v) is 3.66. The van der Waals surface area contributed by atoms with E-state index in [1.54, 1.807) is 18.4 Å². The van der Waals surface area contributed by atoms with Gasteiger partial charge in [-0.25, -0.2) is 19.3 Å². The Labute approximate surface area is 144 Å². The first-order chi connectivity index (χ1) is 10.8. The number of ether oxygens (including phenoxy) is 3. The van der Waals surface area contributed by atoms with Crippen LogP contribution in [-0.2, 0) is 14.2 Å². The third kappa shape index (κ3) is 2.22. The first-order valence-corrected chi connectivity index (χ1v) is 8.58. The molecule has 124 valence electrons. The minimum atomic E-state index is -1.95. The molecular formula is C13H15FIN5O3. The first-order valence-electron chi connectivity index (χ1n) is 7.06. The molecule has 2 aliphatic heterocycles. The van der Waals surface area contributed by atoms with Crippen molar-refractivity contribution in [2.45, 2.75) is 43.9 Å². The highest BCUT2D eigenvalue weighted by molar-refractivity contribution is 14.1. The molecule has 2 saturated heterocycles. The van der Waals surface area contributed by atoms with E-state index in [9.17, 15) is 0 Å². The van der Waals surface area contributed by atoms with Crippen LogP contribution in [0, 0.1) is 0 Å². The predicted molar refractivity (Wildman–Crippen MR) is 86.4 cm³/mol. The van der Waals surface area contributed by atoms with Crippen LogP contribution in [-0.4, -0.2) is 47.8 Å². The standard InChI is InChI=1S/C13H15FIN5O3/c1-12(2)21-7-8(22-12)13(14,3-15)23-11(7)20-5-19-6-9(16)17-4-18-10(6)20/h4-5,7-8,11H,3H2,1-2H3,(H2,16,17,18)/t7-,8+,11-,13-/m1/s1. The van der Waals surface area contributed by atoms with Gasteiger partial charge in [0.2, 0.25) is 5.85 Å². The van der Waals surface area contributed by atoms with E-state index < -0.39 is 30.1 Å². The van der Waals surface area contributed by atoms with Gasteiger partial charge in [-0.15, -0.1) is 0 Å². The molecule has 2 aromatic heterocycles. The van der Waals surface area contributed by atoms with Crippen molar-refractivity contribution in [2.75, 3.05) is 10.2 Å². The summed E-state index contributed by atoms with van der Waals surface area (Å²) in [6.07, 6.45) is 0.653. The molecule has 4 atom stereocenters. The summed E-state index contributed by atoms with van der Waals surface area (Å²) in [5.41, 5.74) is 6.70. The molecule has 0 bridgehead atoms. The van der Waals surface area contributed by atoms with Crippen molar-refractivity contribution in [3.63, 3.8) is 0 Å². The molecule has 23 heavy (non-hydrogen) atoms. The number of nitrogens with zero attached hydrogens (tertiary/aromatic N) is 4. The first kappa shape index (κ1) is 15.4. The number of hydrogen-bond acceptors (Lipinski definition) is 7. The van der Waals surface area contributed by atoms with Gasteiger partial charge >= 0.3 is 0 Å². The van der Waals surface area contributed by atoms with Crippen LogP contribution in [0.15, 0.2) is 12.7 Å². The van der Waals surface area contributed by atoms with Gasteiger partial charge in [0.15, 0.2) is 29.6 Å². The summed E-state index contributed by atoms with van der Waals surface area (Å²) < 4.78 is 34.1. The molecule has 2 fully saturated rings. The Morgan fingerprint density at radius 3 is 2.83 bits per heavy atom. The molecule has 0 spiro atoms. The van der Waals surface area contributed by atoms with E-state index in [1.165, 1.54) is 12.7 Å². The van der Waals surface area contributed by atoms with Crippen molar-refractivity contribution in [2.24, 2.45) is 0 Å². The van der Waals surface area contributed by atoms with Gasteiger partial charge in [0.1, 0.15) is 17.9 Å². The van der Waals surface area contributed by atoms with E-state index in [0.29, 0.717) is 11.2 Å². The second-order valence-electron chi connectivity index (χ2n) is 6.03. The summed E-state index contributed by atoms with van der Waals surface area (Å²) in [6.45, 7) is 3.50. The molecule has 0 aliphatic carbocycles. The lowest BCUT2D eigenvalue weighted by molar-refractivity contribution is -0.245. The average Bonchev–Trinajstić information content (AvgIpc) is 3.12. The molecule has 2 aromatic rings. The molecule has 2 aliphatic rings. The number of anilines is 1. The second-order valence-corrected chi connectivity index (χ2v) is 6.79. The Morgan fingerprint density at radius 2 is 2.09 bits per heavy atom. The number of imidazole rings is 1. The minimum Gasteiger partial charge on any atom is -0.382 e. The number of nitrogen functional groups attached to an aromatic ring is 1. The van der Waals surface area contributed by atoms with E-state index >= 15 is 4.39 Å². The number of alkyl halides is 2. The van der Waals surface area contributed by atoms with Gasteiger partial charge in [-0.05, 0) is 13.8 Å². The lowest BCUT2D eigenvalue weighted by Gasteiger charge is -2.27.